The van der Waals surface area contributed by atoms with Gasteiger partial charge in [0.25, 0.3) is 0 Å². The molecule has 3 nitrogen and oxygen atoms in total. The van der Waals surface area contributed by atoms with Crippen molar-refractivity contribution in [1.29, 1.82) is 0 Å². The summed E-state index contributed by atoms with van der Waals surface area (Å²) < 4.78 is 0. The van der Waals surface area contributed by atoms with Gasteiger partial charge < -0.3 is 5.32 Å². The highest BCUT2D eigenvalue weighted by atomic mass is 16.2. The fourth-order valence-electron chi connectivity index (χ4n) is 2.54. The maximum absolute atomic E-state index is 12.0. The molecule has 1 heterocycles. The number of carbonyl (C=O) groups excluding carboxylic acids is 1. The zero-order valence-electron chi connectivity index (χ0n) is 11.9. The van der Waals surface area contributed by atoms with E-state index in [0.29, 0.717) is 6.54 Å². The summed E-state index contributed by atoms with van der Waals surface area (Å²) in [7, 11) is 0. The average Bonchev–Trinajstić information content (AvgIpc) is 2.42. The number of benzene rings is 1. The predicted octanol–water partition coefficient (Wildman–Crippen LogP) is 2.60. The average molecular weight is 260 g/mol. The van der Waals surface area contributed by atoms with Gasteiger partial charge in [0.1, 0.15) is 0 Å². The minimum absolute atomic E-state index is 0.0809. The molecule has 1 fully saturated rings. The van der Waals surface area contributed by atoms with Crippen molar-refractivity contribution < 1.29 is 4.79 Å². The van der Waals surface area contributed by atoms with Crippen LogP contribution in [-0.2, 0) is 4.79 Å². The molecule has 0 aliphatic carbocycles. The minimum atomic E-state index is 0.0809. The van der Waals surface area contributed by atoms with E-state index in [1.807, 2.05) is 37.3 Å². The highest BCUT2D eigenvalue weighted by Gasteiger charge is 2.18. The van der Waals surface area contributed by atoms with E-state index >= 15 is 0 Å². The number of piperidine rings is 1. The van der Waals surface area contributed by atoms with Gasteiger partial charge in [-0.15, -0.1) is 0 Å². The van der Waals surface area contributed by atoms with Crippen molar-refractivity contribution in [2.75, 3.05) is 19.6 Å². The highest BCUT2D eigenvalue weighted by Crippen LogP contribution is 2.16. The Hall–Kier alpha value is -1.35. The molecule has 1 atom stereocenters. The molecular formula is C16H24N2O. The summed E-state index contributed by atoms with van der Waals surface area (Å²) >= 11 is 0. The number of nitrogens with one attached hydrogen (secondary N) is 1. The summed E-state index contributed by atoms with van der Waals surface area (Å²) in [6, 6.07) is 10.2. The molecule has 1 unspecified atom stereocenters. The molecule has 0 bridgehead atoms. The van der Waals surface area contributed by atoms with E-state index in [0.717, 1.165) is 24.6 Å². The third kappa shape index (κ3) is 4.35. The molecule has 104 valence electrons. The third-order valence-electron chi connectivity index (χ3n) is 3.92. The van der Waals surface area contributed by atoms with Crippen LogP contribution in [0.4, 0.5) is 0 Å². The van der Waals surface area contributed by atoms with Gasteiger partial charge in [-0.05, 0) is 44.3 Å². The quantitative estimate of drug-likeness (QED) is 0.902. The topological polar surface area (TPSA) is 32.3 Å². The molecule has 19 heavy (non-hydrogen) atoms. The Balaban J connectivity index is 1.78. The van der Waals surface area contributed by atoms with Crippen LogP contribution in [0, 0.1) is 5.92 Å². The van der Waals surface area contributed by atoms with Gasteiger partial charge in [0.05, 0.1) is 12.6 Å². The van der Waals surface area contributed by atoms with Crippen LogP contribution in [0.25, 0.3) is 0 Å². The Morgan fingerprint density at radius 3 is 2.58 bits per heavy atom. The van der Waals surface area contributed by atoms with Gasteiger partial charge >= 0.3 is 0 Å². The van der Waals surface area contributed by atoms with E-state index in [1.165, 1.54) is 12.8 Å². The SMILES string of the molecule is CC1CCN(CC(=O)NC(C)c2ccccc2)CC1. The highest BCUT2D eigenvalue weighted by molar-refractivity contribution is 5.78. The first-order chi connectivity index (χ1) is 9.15. The van der Waals surface area contributed by atoms with Gasteiger partial charge in [0.2, 0.25) is 5.91 Å². The Morgan fingerprint density at radius 1 is 1.32 bits per heavy atom. The first-order valence-electron chi connectivity index (χ1n) is 7.22. The van der Waals surface area contributed by atoms with E-state index in [-0.39, 0.29) is 11.9 Å². The first kappa shape index (κ1) is 14.1. The van der Waals surface area contributed by atoms with Gasteiger partial charge in [0, 0.05) is 0 Å². The molecule has 1 amide bonds. The number of likely N-dealkylation sites (tertiary alicyclic amines) is 1. The largest absolute Gasteiger partial charge is 0.348 e. The minimum Gasteiger partial charge on any atom is -0.348 e. The molecule has 2 rings (SSSR count). The standard InChI is InChI=1S/C16H24N2O/c1-13-8-10-18(11-9-13)12-16(19)17-14(2)15-6-4-3-5-7-15/h3-7,13-14H,8-12H2,1-2H3,(H,17,19). The predicted molar refractivity (Wildman–Crippen MR) is 77.8 cm³/mol. The molecular weight excluding hydrogens is 236 g/mol. The van der Waals surface area contributed by atoms with E-state index in [9.17, 15) is 4.79 Å². The number of rotatable bonds is 4. The Kier molecular flexibility index (Phi) is 4.97. The maximum atomic E-state index is 12.0. The molecule has 0 radical (unpaired) electrons. The molecule has 0 saturated carbocycles. The van der Waals surface area contributed by atoms with Crippen molar-refractivity contribution in [3.05, 3.63) is 35.9 Å². The smallest absolute Gasteiger partial charge is 0.234 e. The van der Waals surface area contributed by atoms with Gasteiger partial charge in [-0.25, -0.2) is 0 Å². The van der Waals surface area contributed by atoms with Crippen LogP contribution < -0.4 is 5.32 Å². The fourth-order valence-corrected chi connectivity index (χ4v) is 2.54. The lowest BCUT2D eigenvalue weighted by Crippen LogP contribution is -2.41. The summed E-state index contributed by atoms with van der Waals surface area (Å²) in [6.07, 6.45) is 2.42. The molecule has 1 N–H and O–H groups in total. The molecule has 3 heteroatoms. The van der Waals surface area contributed by atoms with Gasteiger partial charge in [0.15, 0.2) is 0 Å². The lowest BCUT2D eigenvalue weighted by atomic mass is 9.99. The monoisotopic (exact) mass is 260 g/mol. The number of hydrogen-bond donors (Lipinski definition) is 1. The normalized spacial score (nSPS) is 19.1. The number of carbonyl (C=O) groups is 1. The van der Waals surface area contributed by atoms with Crippen LogP contribution in [0.1, 0.15) is 38.3 Å². The molecule has 1 aromatic rings. The van der Waals surface area contributed by atoms with Crippen molar-refractivity contribution >= 4 is 5.91 Å². The van der Waals surface area contributed by atoms with Gasteiger partial charge in [-0.1, -0.05) is 37.3 Å². The van der Waals surface area contributed by atoms with E-state index in [1.54, 1.807) is 0 Å². The summed E-state index contributed by atoms with van der Waals surface area (Å²) in [6.45, 7) is 6.95. The molecule has 1 aliphatic heterocycles. The summed E-state index contributed by atoms with van der Waals surface area (Å²) in [5, 5.41) is 3.07. The summed E-state index contributed by atoms with van der Waals surface area (Å²) in [5.41, 5.74) is 1.16. The lowest BCUT2D eigenvalue weighted by molar-refractivity contribution is -0.123. The number of nitrogens with zero attached hydrogens (tertiary/aromatic N) is 1. The van der Waals surface area contributed by atoms with Crippen LogP contribution in [0.15, 0.2) is 30.3 Å². The van der Waals surface area contributed by atoms with Crippen LogP contribution >= 0.6 is 0 Å². The number of amides is 1. The van der Waals surface area contributed by atoms with Gasteiger partial charge in [-0.3, -0.25) is 9.69 Å². The molecule has 0 spiro atoms. The second-order valence-electron chi connectivity index (χ2n) is 5.66. The lowest BCUT2D eigenvalue weighted by Gasteiger charge is -2.29. The first-order valence-corrected chi connectivity index (χ1v) is 7.22. The van der Waals surface area contributed by atoms with Crippen LogP contribution in [0.2, 0.25) is 0 Å². The molecule has 1 aromatic carbocycles. The Morgan fingerprint density at radius 2 is 1.95 bits per heavy atom. The molecule has 1 aliphatic rings. The van der Waals surface area contributed by atoms with Crippen LogP contribution in [0.3, 0.4) is 0 Å². The van der Waals surface area contributed by atoms with Crippen molar-refractivity contribution in [2.45, 2.75) is 32.7 Å². The zero-order valence-corrected chi connectivity index (χ0v) is 11.9. The maximum Gasteiger partial charge on any atom is 0.234 e. The second-order valence-corrected chi connectivity index (χ2v) is 5.66. The molecule has 1 saturated heterocycles. The van der Waals surface area contributed by atoms with E-state index in [2.05, 4.69) is 17.1 Å². The van der Waals surface area contributed by atoms with Crippen LogP contribution in [-0.4, -0.2) is 30.4 Å². The van der Waals surface area contributed by atoms with Crippen molar-refractivity contribution in [3.63, 3.8) is 0 Å². The summed E-state index contributed by atoms with van der Waals surface area (Å²) in [4.78, 5) is 14.3. The van der Waals surface area contributed by atoms with E-state index < -0.39 is 0 Å². The van der Waals surface area contributed by atoms with Crippen molar-refractivity contribution in [2.24, 2.45) is 5.92 Å². The number of hydrogen-bond acceptors (Lipinski definition) is 2. The Bertz CT molecular complexity index is 396. The Labute approximate surface area is 116 Å². The second kappa shape index (κ2) is 6.71. The molecule has 0 aromatic heterocycles. The zero-order chi connectivity index (χ0) is 13.7. The van der Waals surface area contributed by atoms with Crippen molar-refractivity contribution in [3.8, 4) is 0 Å². The van der Waals surface area contributed by atoms with E-state index in [4.69, 9.17) is 0 Å². The van der Waals surface area contributed by atoms with Crippen LogP contribution in [0.5, 0.6) is 0 Å². The fraction of sp³-hybridized carbons (Fsp3) is 0.562. The van der Waals surface area contributed by atoms with Crippen molar-refractivity contribution in [1.82, 2.24) is 10.2 Å². The third-order valence-corrected chi connectivity index (χ3v) is 3.92. The summed E-state index contributed by atoms with van der Waals surface area (Å²) in [5.74, 6) is 0.938. The van der Waals surface area contributed by atoms with Gasteiger partial charge in [-0.2, -0.15) is 0 Å².